The lowest BCUT2D eigenvalue weighted by molar-refractivity contribution is 0.433. The van der Waals surface area contributed by atoms with Crippen LogP contribution in [0.15, 0.2) is 47.5 Å². The van der Waals surface area contributed by atoms with Crippen LogP contribution in [0, 0.1) is 18.3 Å². The highest BCUT2D eigenvalue weighted by Gasteiger charge is 2.17. The zero-order chi connectivity index (χ0) is 16.4. The van der Waals surface area contributed by atoms with Crippen molar-refractivity contribution in [2.24, 2.45) is 0 Å². The van der Waals surface area contributed by atoms with Crippen LogP contribution in [0.3, 0.4) is 0 Å². The fourth-order valence-electron chi connectivity index (χ4n) is 2.34. The van der Waals surface area contributed by atoms with Gasteiger partial charge in [-0.3, -0.25) is 0 Å². The fraction of sp³-hybridized carbons (Fsp3) is 0.118. The Morgan fingerprint density at radius 1 is 1.17 bits per heavy atom. The molecule has 5 nitrogen and oxygen atoms in total. The first-order chi connectivity index (χ1) is 11.1. The van der Waals surface area contributed by atoms with Gasteiger partial charge < -0.3 is 5.11 Å². The quantitative estimate of drug-likeness (QED) is 0.747. The highest BCUT2D eigenvalue weighted by atomic mass is 32.2. The summed E-state index contributed by atoms with van der Waals surface area (Å²) in [5.74, 6) is 0.597. The smallest absolute Gasteiger partial charge is 0.223 e. The summed E-state index contributed by atoms with van der Waals surface area (Å²) in [5.41, 5.74) is 2.73. The highest BCUT2D eigenvalue weighted by molar-refractivity contribution is 7.98. The molecule has 23 heavy (non-hydrogen) atoms. The normalized spacial score (nSPS) is 10.5. The maximum absolute atomic E-state index is 10.6. The molecule has 2 heterocycles. The van der Waals surface area contributed by atoms with Crippen molar-refractivity contribution in [1.29, 1.82) is 5.26 Å². The molecule has 0 saturated carbocycles. The third-order valence-corrected chi connectivity index (χ3v) is 4.23. The summed E-state index contributed by atoms with van der Waals surface area (Å²) in [4.78, 5) is 5.38. The first-order valence-electron chi connectivity index (χ1n) is 6.93. The van der Waals surface area contributed by atoms with E-state index >= 15 is 0 Å². The Labute approximate surface area is 138 Å². The molecule has 0 unspecified atom stereocenters. The van der Waals surface area contributed by atoms with Gasteiger partial charge in [-0.2, -0.15) is 15.0 Å². The van der Waals surface area contributed by atoms with E-state index in [-0.39, 0.29) is 5.88 Å². The maximum Gasteiger partial charge on any atom is 0.223 e. The maximum atomic E-state index is 10.6. The average molecular weight is 322 g/mol. The molecule has 0 radical (unpaired) electrons. The van der Waals surface area contributed by atoms with E-state index in [1.165, 1.54) is 4.68 Å². The molecule has 2 aromatic heterocycles. The van der Waals surface area contributed by atoms with Crippen LogP contribution < -0.4 is 0 Å². The summed E-state index contributed by atoms with van der Waals surface area (Å²) in [6.07, 6.45) is 3.73. The van der Waals surface area contributed by atoms with E-state index in [2.05, 4.69) is 16.2 Å². The van der Waals surface area contributed by atoms with Gasteiger partial charge in [0.25, 0.3) is 0 Å². The van der Waals surface area contributed by atoms with Crippen molar-refractivity contribution < 1.29 is 5.11 Å². The molecule has 6 heteroatoms. The predicted molar refractivity (Wildman–Crippen MR) is 89.7 cm³/mol. The molecule has 0 spiro atoms. The molecule has 0 amide bonds. The van der Waals surface area contributed by atoms with Gasteiger partial charge in [0.05, 0.1) is 22.9 Å². The Morgan fingerprint density at radius 2 is 1.91 bits per heavy atom. The third-order valence-electron chi connectivity index (χ3n) is 3.51. The van der Waals surface area contributed by atoms with Crippen LogP contribution in [-0.4, -0.2) is 26.1 Å². The lowest BCUT2D eigenvalue weighted by Crippen LogP contribution is -1.98. The van der Waals surface area contributed by atoms with Gasteiger partial charge in [0.2, 0.25) is 5.88 Å². The molecule has 0 aliphatic heterocycles. The monoisotopic (exact) mass is 322 g/mol. The first kappa shape index (κ1) is 15.1. The number of aromatic nitrogens is 3. The van der Waals surface area contributed by atoms with Crippen molar-refractivity contribution in [2.45, 2.75) is 11.8 Å². The number of nitrogens with zero attached hydrogens (tertiary/aromatic N) is 4. The summed E-state index contributed by atoms with van der Waals surface area (Å²) >= 11 is 1.60. The predicted octanol–water partition coefficient (Wildman–Crippen LogP) is 3.54. The molecule has 1 aromatic carbocycles. The van der Waals surface area contributed by atoms with E-state index in [1.807, 2.05) is 25.3 Å². The van der Waals surface area contributed by atoms with Crippen molar-refractivity contribution in [3.63, 3.8) is 0 Å². The number of aryl methyl sites for hydroxylation is 1. The molecular formula is C17H14N4OS. The number of nitriles is 1. The van der Waals surface area contributed by atoms with E-state index < -0.39 is 0 Å². The number of thioether (sulfide) groups is 1. The summed E-state index contributed by atoms with van der Waals surface area (Å²) in [6.45, 7) is 1.83. The van der Waals surface area contributed by atoms with Gasteiger partial charge >= 0.3 is 0 Å². The average Bonchev–Trinajstić information content (AvgIpc) is 2.89. The molecule has 0 bridgehead atoms. The van der Waals surface area contributed by atoms with Gasteiger partial charge in [0.1, 0.15) is 0 Å². The van der Waals surface area contributed by atoms with Gasteiger partial charge in [-0.15, -0.1) is 11.8 Å². The van der Waals surface area contributed by atoms with Crippen LogP contribution in [0.4, 0.5) is 0 Å². The number of pyridine rings is 1. The lowest BCUT2D eigenvalue weighted by Gasteiger charge is -2.04. The zero-order valence-corrected chi connectivity index (χ0v) is 13.5. The molecule has 0 aliphatic carbocycles. The minimum Gasteiger partial charge on any atom is -0.493 e. The number of hydrogen-bond acceptors (Lipinski definition) is 5. The van der Waals surface area contributed by atoms with E-state index in [1.54, 1.807) is 42.2 Å². The van der Waals surface area contributed by atoms with Gasteiger partial charge in [0.15, 0.2) is 5.82 Å². The molecule has 0 atom stereocenters. The number of aromatic hydroxyl groups is 1. The topological polar surface area (TPSA) is 74.7 Å². The molecular weight excluding hydrogens is 308 g/mol. The van der Waals surface area contributed by atoms with Crippen LogP contribution in [-0.2, 0) is 0 Å². The summed E-state index contributed by atoms with van der Waals surface area (Å²) < 4.78 is 1.42. The molecule has 114 valence electrons. The van der Waals surface area contributed by atoms with Crippen molar-refractivity contribution >= 4 is 11.8 Å². The van der Waals surface area contributed by atoms with Crippen molar-refractivity contribution in [3.8, 4) is 28.9 Å². The Kier molecular flexibility index (Phi) is 4.04. The molecule has 1 N–H and O–H groups in total. The molecule has 3 aromatic rings. The Balaban J connectivity index is 2.06. The third kappa shape index (κ3) is 2.79. The molecule has 0 saturated heterocycles. The Morgan fingerprint density at radius 3 is 2.48 bits per heavy atom. The van der Waals surface area contributed by atoms with Gasteiger partial charge in [-0.05, 0) is 43.0 Å². The second-order valence-corrected chi connectivity index (χ2v) is 5.82. The standard InChI is InChI=1S/C17H14N4OS/c1-11-16(13-5-3-12(9-18)4-6-13)17(22)21(20-11)15-8-7-14(23-2)10-19-15/h3-8,10,22H,1-2H3. The first-order valence-corrected chi connectivity index (χ1v) is 8.16. The van der Waals surface area contributed by atoms with Crippen LogP contribution in [0.1, 0.15) is 11.3 Å². The van der Waals surface area contributed by atoms with E-state index in [4.69, 9.17) is 5.26 Å². The van der Waals surface area contributed by atoms with Crippen LogP contribution >= 0.6 is 11.8 Å². The van der Waals surface area contributed by atoms with Crippen molar-refractivity contribution in [2.75, 3.05) is 6.26 Å². The minimum atomic E-state index is 0.0385. The summed E-state index contributed by atoms with van der Waals surface area (Å²) in [7, 11) is 0. The molecule has 3 rings (SSSR count). The van der Waals surface area contributed by atoms with E-state index in [0.717, 1.165) is 10.5 Å². The van der Waals surface area contributed by atoms with Crippen molar-refractivity contribution in [3.05, 3.63) is 53.9 Å². The van der Waals surface area contributed by atoms with Gasteiger partial charge in [0, 0.05) is 11.1 Å². The van der Waals surface area contributed by atoms with E-state index in [0.29, 0.717) is 22.6 Å². The fourth-order valence-corrected chi connectivity index (χ4v) is 2.70. The van der Waals surface area contributed by atoms with Crippen LogP contribution in [0.25, 0.3) is 16.9 Å². The largest absolute Gasteiger partial charge is 0.493 e. The SMILES string of the molecule is CSc1ccc(-n2nc(C)c(-c3ccc(C#N)cc3)c2O)nc1. The minimum absolute atomic E-state index is 0.0385. The number of hydrogen-bond donors (Lipinski definition) is 1. The van der Waals surface area contributed by atoms with Gasteiger partial charge in [-0.1, -0.05) is 12.1 Å². The molecule has 0 fully saturated rings. The Bertz CT molecular complexity index is 877. The zero-order valence-electron chi connectivity index (χ0n) is 12.7. The molecule has 0 aliphatic rings. The summed E-state index contributed by atoms with van der Waals surface area (Å²) in [5, 5.41) is 23.8. The Hall–Kier alpha value is -2.78. The highest BCUT2D eigenvalue weighted by Crippen LogP contribution is 2.34. The lowest BCUT2D eigenvalue weighted by atomic mass is 10.0. The van der Waals surface area contributed by atoms with Crippen molar-refractivity contribution in [1.82, 2.24) is 14.8 Å². The van der Waals surface area contributed by atoms with E-state index in [9.17, 15) is 5.11 Å². The van der Waals surface area contributed by atoms with Crippen LogP contribution in [0.2, 0.25) is 0 Å². The number of benzene rings is 1. The number of rotatable bonds is 3. The summed E-state index contributed by atoms with van der Waals surface area (Å²) in [6, 6.07) is 12.9. The van der Waals surface area contributed by atoms with Crippen LogP contribution in [0.5, 0.6) is 5.88 Å². The van der Waals surface area contributed by atoms with Gasteiger partial charge in [-0.25, -0.2) is 4.98 Å². The second kappa shape index (κ2) is 6.15. The second-order valence-electron chi connectivity index (χ2n) is 4.94.